The highest BCUT2D eigenvalue weighted by Crippen LogP contribution is 2.43. The van der Waals surface area contributed by atoms with Gasteiger partial charge in [-0.1, -0.05) is 6.92 Å². The van der Waals surface area contributed by atoms with E-state index in [1.807, 2.05) is 0 Å². The fraction of sp³-hybridized carbons (Fsp3) is 0.857. The van der Waals surface area contributed by atoms with Crippen molar-refractivity contribution in [3.05, 3.63) is 11.8 Å². The quantitative estimate of drug-likeness (QED) is 0.814. The van der Waals surface area contributed by atoms with Crippen LogP contribution in [0.5, 0.6) is 0 Å². The molecule has 1 N–H and O–H groups in total. The zero-order valence-corrected chi connectivity index (χ0v) is 11.9. The number of ether oxygens (including phenoxy) is 1. The Morgan fingerprint density at radius 1 is 1.53 bits per heavy atom. The van der Waals surface area contributed by atoms with Gasteiger partial charge < -0.3 is 10.1 Å². The van der Waals surface area contributed by atoms with Gasteiger partial charge in [0.15, 0.2) is 0 Å². The summed E-state index contributed by atoms with van der Waals surface area (Å²) >= 11 is 2.11. The molecule has 1 fully saturated rings. The Balaban J connectivity index is 2.08. The summed E-state index contributed by atoms with van der Waals surface area (Å²) in [5.74, 6) is 2.51. The van der Waals surface area contributed by atoms with Crippen LogP contribution < -0.4 is 5.32 Å². The lowest BCUT2D eigenvalue weighted by molar-refractivity contribution is 0.157. The molecule has 17 heavy (non-hydrogen) atoms. The van der Waals surface area contributed by atoms with E-state index >= 15 is 0 Å². The molecule has 2 aliphatic rings. The molecule has 2 unspecified atom stereocenters. The van der Waals surface area contributed by atoms with Crippen molar-refractivity contribution >= 4 is 11.8 Å². The van der Waals surface area contributed by atoms with E-state index in [9.17, 15) is 0 Å². The van der Waals surface area contributed by atoms with E-state index in [2.05, 4.69) is 37.0 Å². The standard InChI is InChI=1S/C14H25NOS/c1-3-9-15-13(12-7-4-5-10-16-12)14(2)8-6-11-17-14/h7,13,15H,3-6,8-11H2,1-2H3. The number of hydrogen-bond acceptors (Lipinski definition) is 3. The maximum absolute atomic E-state index is 5.90. The normalized spacial score (nSPS) is 30.8. The summed E-state index contributed by atoms with van der Waals surface area (Å²) in [7, 11) is 0. The summed E-state index contributed by atoms with van der Waals surface area (Å²) in [6.07, 6.45) is 8.50. The molecule has 2 aliphatic heterocycles. The van der Waals surface area contributed by atoms with Gasteiger partial charge in [-0.2, -0.15) is 11.8 Å². The third-order valence-electron chi connectivity index (χ3n) is 3.71. The largest absolute Gasteiger partial charge is 0.497 e. The van der Waals surface area contributed by atoms with Gasteiger partial charge in [0.05, 0.1) is 12.6 Å². The first kappa shape index (κ1) is 13.3. The van der Waals surface area contributed by atoms with Crippen LogP contribution in [0.25, 0.3) is 0 Å². The van der Waals surface area contributed by atoms with Gasteiger partial charge in [0, 0.05) is 4.75 Å². The van der Waals surface area contributed by atoms with Crippen molar-refractivity contribution in [2.75, 3.05) is 18.9 Å². The summed E-state index contributed by atoms with van der Waals surface area (Å²) in [5.41, 5.74) is 0. The minimum Gasteiger partial charge on any atom is -0.497 e. The van der Waals surface area contributed by atoms with E-state index in [0.717, 1.165) is 13.2 Å². The molecule has 2 atom stereocenters. The number of thioether (sulfide) groups is 1. The van der Waals surface area contributed by atoms with Crippen molar-refractivity contribution in [2.45, 2.75) is 56.7 Å². The second-order valence-corrected chi connectivity index (χ2v) is 6.88. The summed E-state index contributed by atoms with van der Waals surface area (Å²) in [6, 6.07) is 0.412. The second kappa shape index (κ2) is 6.14. The Morgan fingerprint density at radius 2 is 2.41 bits per heavy atom. The predicted octanol–water partition coefficient (Wildman–Crippen LogP) is 3.33. The molecule has 2 rings (SSSR count). The minimum atomic E-state index is 0.332. The van der Waals surface area contributed by atoms with Crippen LogP contribution in [0.3, 0.4) is 0 Å². The summed E-state index contributed by atoms with van der Waals surface area (Å²) < 4.78 is 6.23. The number of allylic oxidation sites excluding steroid dienone is 1. The van der Waals surface area contributed by atoms with Gasteiger partial charge in [0.2, 0.25) is 0 Å². The van der Waals surface area contributed by atoms with E-state index < -0.39 is 0 Å². The monoisotopic (exact) mass is 255 g/mol. The fourth-order valence-electron chi connectivity index (χ4n) is 2.71. The van der Waals surface area contributed by atoms with Gasteiger partial charge in [-0.05, 0) is 57.4 Å². The lowest BCUT2D eigenvalue weighted by Gasteiger charge is -2.36. The highest BCUT2D eigenvalue weighted by atomic mass is 32.2. The van der Waals surface area contributed by atoms with Crippen LogP contribution in [0.1, 0.15) is 46.0 Å². The van der Waals surface area contributed by atoms with Gasteiger partial charge in [-0.15, -0.1) is 0 Å². The molecular formula is C14H25NOS. The summed E-state index contributed by atoms with van der Waals surface area (Å²) in [4.78, 5) is 0. The smallest absolute Gasteiger partial charge is 0.110 e. The fourth-order valence-corrected chi connectivity index (χ4v) is 4.12. The van der Waals surface area contributed by atoms with Crippen LogP contribution in [-0.4, -0.2) is 29.7 Å². The molecule has 0 aromatic carbocycles. The first-order chi connectivity index (χ1) is 8.26. The van der Waals surface area contributed by atoms with Crippen LogP contribution in [0.4, 0.5) is 0 Å². The zero-order valence-electron chi connectivity index (χ0n) is 11.1. The molecule has 3 heteroatoms. The van der Waals surface area contributed by atoms with Crippen LogP contribution in [0, 0.1) is 0 Å². The Hall–Kier alpha value is -0.150. The highest BCUT2D eigenvalue weighted by Gasteiger charge is 2.40. The van der Waals surface area contributed by atoms with Crippen molar-refractivity contribution < 1.29 is 4.74 Å². The van der Waals surface area contributed by atoms with Crippen molar-refractivity contribution in [1.29, 1.82) is 0 Å². The number of hydrogen-bond donors (Lipinski definition) is 1. The average Bonchev–Trinajstić information content (AvgIpc) is 2.79. The average molecular weight is 255 g/mol. The predicted molar refractivity (Wildman–Crippen MR) is 75.4 cm³/mol. The van der Waals surface area contributed by atoms with Gasteiger partial charge in [0.1, 0.15) is 5.76 Å². The molecule has 0 radical (unpaired) electrons. The Kier molecular flexibility index (Phi) is 4.80. The van der Waals surface area contributed by atoms with Crippen LogP contribution in [-0.2, 0) is 4.74 Å². The van der Waals surface area contributed by atoms with Crippen molar-refractivity contribution in [3.8, 4) is 0 Å². The molecule has 98 valence electrons. The van der Waals surface area contributed by atoms with Crippen LogP contribution >= 0.6 is 11.8 Å². The summed E-state index contributed by atoms with van der Waals surface area (Å²) in [6.45, 7) is 6.61. The molecule has 0 aromatic heterocycles. The first-order valence-corrected chi connectivity index (χ1v) is 7.95. The zero-order chi connectivity index (χ0) is 12.1. The second-order valence-electron chi connectivity index (χ2n) is 5.25. The van der Waals surface area contributed by atoms with E-state index in [1.54, 1.807) is 0 Å². The topological polar surface area (TPSA) is 21.3 Å². The molecule has 2 heterocycles. The lowest BCUT2D eigenvalue weighted by atomic mass is 9.93. The van der Waals surface area contributed by atoms with Gasteiger partial charge in [-0.3, -0.25) is 0 Å². The summed E-state index contributed by atoms with van der Waals surface area (Å²) in [5, 5.41) is 3.71. The van der Waals surface area contributed by atoms with Gasteiger partial charge in [0.25, 0.3) is 0 Å². The van der Waals surface area contributed by atoms with Crippen molar-refractivity contribution in [2.24, 2.45) is 0 Å². The Bertz CT molecular complexity index is 271. The highest BCUT2D eigenvalue weighted by molar-refractivity contribution is 8.00. The molecular weight excluding hydrogens is 230 g/mol. The SMILES string of the molecule is CCCNC(C1=CCCCO1)C1(C)CCCS1. The van der Waals surface area contributed by atoms with E-state index in [1.165, 1.54) is 43.6 Å². The maximum Gasteiger partial charge on any atom is 0.110 e. The third-order valence-corrected chi connectivity index (χ3v) is 5.30. The molecule has 0 bridgehead atoms. The molecule has 0 saturated carbocycles. The molecule has 1 saturated heterocycles. The molecule has 0 aromatic rings. The van der Waals surface area contributed by atoms with Crippen molar-refractivity contribution in [3.63, 3.8) is 0 Å². The third kappa shape index (κ3) is 3.19. The molecule has 0 spiro atoms. The molecule has 0 amide bonds. The lowest BCUT2D eigenvalue weighted by Crippen LogP contribution is -2.47. The van der Waals surface area contributed by atoms with Gasteiger partial charge in [-0.25, -0.2) is 0 Å². The van der Waals surface area contributed by atoms with Crippen LogP contribution in [0.2, 0.25) is 0 Å². The molecule has 0 aliphatic carbocycles. The molecule has 2 nitrogen and oxygen atoms in total. The number of rotatable bonds is 5. The Morgan fingerprint density at radius 3 is 3.00 bits per heavy atom. The van der Waals surface area contributed by atoms with E-state index in [4.69, 9.17) is 4.74 Å². The number of nitrogens with one attached hydrogen (secondary N) is 1. The van der Waals surface area contributed by atoms with Gasteiger partial charge >= 0.3 is 0 Å². The minimum absolute atomic E-state index is 0.332. The van der Waals surface area contributed by atoms with Crippen molar-refractivity contribution in [1.82, 2.24) is 5.32 Å². The van der Waals surface area contributed by atoms with E-state index in [0.29, 0.717) is 10.8 Å². The first-order valence-electron chi connectivity index (χ1n) is 6.96. The van der Waals surface area contributed by atoms with E-state index in [-0.39, 0.29) is 0 Å². The van der Waals surface area contributed by atoms with Crippen LogP contribution in [0.15, 0.2) is 11.8 Å². The maximum atomic E-state index is 5.90. The Labute approximate surface area is 110 Å².